The van der Waals surface area contributed by atoms with Gasteiger partial charge in [-0.05, 0) is 37.1 Å². The van der Waals surface area contributed by atoms with Crippen LogP contribution in [0.3, 0.4) is 0 Å². The maximum atomic E-state index is 5.91. The van der Waals surface area contributed by atoms with Crippen molar-refractivity contribution in [2.75, 3.05) is 6.54 Å². The molecule has 2 saturated carbocycles. The molecule has 2 rings (SSSR count). The van der Waals surface area contributed by atoms with E-state index in [-0.39, 0.29) is 0 Å². The van der Waals surface area contributed by atoms with Crippen LogP contribution in [0.25, 0.3) is 0 Å². The monoisotopic (exact) mass is 167 g/mol. The molecule has 0 aromatic heterocycles. The summed E-state index contributed by atoms with van der Waals surface area (Å²) in [4.78, 5) is 0. The fourth-order valence-corrected chi connectivity index (χ4v) is 2.73. The Hall–Kier alpha value is -0.0400. The van der Waals surface area contributed by atoms with Crippen molar-refractivity contribution >= 4 is 0 Å². The summed E-state index contributed by atoms with van der Waals surface area (Å²) in [7, 11) is 0. The number of hydrogen-bond acceptors (Lipinski definition) is 1. The Bertz CT molecular complexity index is 143. The first kappa shape index (κ1) is 8.55. The van der Waals surface area contributed by atoms with Crippen LogP contribution < -0.4 is 5.73 Å². The second kappa shape index (κ2) is 3.37. The zero-order valence-electron chi connectivity index (χ0n) is 8.02. The van der Waals surface area contributed by atoms with Gasteiger partial charge < -0.3 is 5.73 Å². The molecule has 70 valence electrons. The zero-order valence-corrected chi connectivity index (χ0v) is 8.02. The van der Waals surface area contributed by atoms with Crippen molar-refractivity contribution in [2.24, 2.45) is 17.1 Å². The third-order valence-corrected chi connectivity index (χ3v) is 3.77. The Morgan fingerprint density at radius 3 is 2.25 bits per heavy atom. The van der Waals surface area contributed by atoms with Crippen molar-refractivity contribution in [1.29, 1.82) is 0 Å². The van der Waals surface area contributed by atoms with E-state index >= 15 is 0 Å². The smallest absolute Gasteiger partial charge is 0.00204 e. The summed E-state index contributed by atoms with van der Waals surface area (Å²) in [6.07, 6.45) is 11.6. The predicted molar refractivity (Wildman–Crippen MR) is 51.9 cm³/mol. The number of rotatable bonds is 3. The molecule has 12 heavy (non-hydrogen) atoms. The minimum Gasteiger partial charge on any atom is -0.330 e. The lowest BCUT2D eigenvalue weighted by molar-refractivity contribution is 0.172. The first-order valence-electron chi connectivity index (χ1n) is 5.55. The van der Waals surface area contributed by atoms with Crippen LogP contribution in [-0.4, -0.2) is 6.54 Å². The number of nitrogens with two attached hydrogens (primary N) is 1. The Morgan fingerprint density at radius 2 is 1.75 bits per heavy atom. The molecule has 0 spiro atoms. The predicted octanol–water partition coefficient (Wildman–Crippen LogP) is 2.70. The summed E-state index contributed by atoms with van der Waals surface area (Å²) in [5, 5.41) is 0. The molecule has 0 bridgehead atoms. The SMILES string of the molecule is NCC1(CC2CC2)CCCCC1. The van der Waals surface area contributed by atoms with E-state index in [1.807, 2.05) is 0 Å². The summed E-state index contributed by atoms with van der Waals surface area (Å²) in [5.74, 6) is 1.06. The summed E-state index contributed by atoms with van der Waals surface area (Å²) in [6, 6.07) is 0. The van der Waals surface area contributed by atoms with Gasteiger partial charge in [-0.2, -0.15) is 0 Å². The van der Waals surface area contributed by atoms with E-state index < -0.39 is 0 Å². The van der Waals surface area contributed by atoms with Gasteiger partial charge in [-0.1, -0.05) is 32.1 Å². The van der Waals surface area contributed by atoms with Crippen molar-refractivity contribution in [3.63, 3.8) is 0 Å². The largest absolute Gasteiger partial charge is 0.330 e. The third kappa shape index (κ3) is 1.82. The van der Waals surface area contributed by atoms with Crippen molar-refractivity contribution in [3.8, 4) is 0 Å². The van der Waals surface area contributed by atoms with Gasteiger partial charge in [0.25, 0.3) is 0 Å². The second-order valence-corrected chi connectivity index (χ2v) is 4.91. The maximum Gasteiger partial charge on any atom is -0.00204 e. The molecule has 0 radical (unpaired) electrons. The van der Waals surface area contributed by atoms with Gasteiger partial charge in [0, 0.05) is 0 Å². The summed E-state index contributed by atoms with van der Waals surface area (Å²) >= 11 is 0. The van der Waals surface area contributed by atoms with Crippen LogP contribution in [-0.2, 0) is 0 Å². The van der Waals surface area contributed by atoms with Gasteiger partial charge in [0.1, 0.15) is 0 Å². The average Bonchev–Trinajstić information content (AvgIpc) is 2.90. The molecule has 1 nitrogen and oxygen atoms in total. The Labute approximate surface area is 75.7 Å². The van der Waals surface area contributed by atoms with Crippen molar-refractivity contribution in [1.82, 2.24) is 0 Å². The molecule has 0 aromatic rings. The Kier molecular flexibility index (Phi) is 2.40. The highest BCUT2D eigenvalue weighted by atomic mass is 14.6. The summed E-state index contributed by atoms with van der Waals surface area (Å²) in [6.45, 7) is 0.948. The lowest BCUT2D eigenvalue weighted by atomic mass is 9.71. The Balaban J connectivity index is 1.90. The fourth-order valence-electron chi connectivity index (χ4n) is 2.73. The zero-order chi connectivity index (χ0) is 8.44. The highest BCUT2D eigenvalue weighted by molar-refractivity contribution is 4.89. The third-order valence-electron chi connectivity index (χ3n) is 3.77. The molecular formula is C11H21N. The van der Waals surface area contributed by atoms with Crippen molar-refractivity contribution in [2.45, 2.75) is 51.4 Å². The van der Waals surface area contributed by atoms with Gasteiger partial charge in [0.05, 0.1) is 0 Å². The molecule has 1 heteroatoms. The van der Waals surface area contributed by atoms with Gasteiger partial charge >= 0.3 is 0 Å². The van der Waals surface area contributed by atoms with E-state index in [0.29, 0.717) is 5.41 Å². The summed E-state index contributed by atoms with van der Waals surface area (Å²) < 4.78 is 0. The van der Waals surface area contributed by atoms with Crippen LogP contribution in [0.1, 0.15) is 51.4 Å². The normalized spacial score (nSPS) is 28.8. The lowest BCUT2D eigenvalue weighted by Crippen LogP contribution is -2.33. The molecular weight excluding hydrogens is 146 g/mol. The minimum absolute atomic E-state index is 0.583. The van der Waals surface area contributed by atoms with E-state index in [2.05, 4.69) is 0 Å². The van der Waals surface area contributed by atoms with E-state index in [9.17, 15) is 0 Å². The second-order valence-electron chi connectivity index (χ2n) is 4.91. The van der Waals surface area contributed by atoms with E-state index in [1.165, 1.54) is 51.4 Å². The van der Waals surface area contributed by atoms with Gasteiger partial charge in [0.15, 0.2) is 0 Å². The topological polar surface area (TPSA) is 26.0 Å². The van der Waals surface area contributed by atoms with Gasteiger partial charge in [-0.3, -0.25) is 0 Å². The van der Waals surface area contributed by atoms with Crippen LogP contribution >= 0.6 is 0 Å². The highest BCUT2D eigenvalue weighted by Crippen LogP contribution is 2.46. The minimum atomic E-state index is 0.583. The molecule has 2 aliphatic rings. The maximum absolute atomic E-state index is 5.91. The molecule has 0 amide bonds. The molecule has 2 aliphatic carbocycles. The average molecular weight is 167 g/mol. The molecule has 0 unspecified atom stereocenters. The van der Waals surface area contributed by atoms with E-state index in [4.69, 9.17) is 5.73 Å². The Morgan fingerprint density at radius 1 is 1.08 bits per heavy atom. The van der Waals surface area contributed by atoms with Gasteiger partial charge in [-0.25, -0.2) is 0 Å². The van der Waals surface area contributed by atoms with Crippen LogP contribution in [0, 0.1) is 11.3 Å². The molecule has 0 aromatic carbocycles. The summed E-state index contributed by atoms with van der Waals surface area (Å²) in [5.41, 5.74) is 6.50. The number of hydrogen-bond donors (Lipinski definition) is 1. The van der Waals surface area contributed by atoms with Crippen LogP contribution in [0.2, 0.25) is 0 Å². The molecule has 2 fully saturated rings. The lowest BCUT2D eigenvalue weighted by Gasteiger charge is -2.36. The van der Waals surface area contributed by atoms with Gasteiger partial charge in [0.2, 0.25) is 0 Å². The van der Waals surface area contributed by atoms with Gasteiger partial charge in [-0.15, -0.1) is 0 Å². The van der Waals surface area contributed by atoms with Crippen molar-refractivity contribution < 1.29 is 0 Å². The fraction of sp³-hybridized carbons (Fsp3) is 1.00. The first-order valence-corrected chi connectivity index (χ1v) is 5.55. The standard InChI is InChI=1S/C11H21N/c12-9-11(8-10-4-5-10)6-2-1-3-7-11/h10H,1-9,12H2. The highest BCUT2D eigenvalue weighted by Gasteiger charge is 2.36. The van der Waals surface area contributed by atoms with Crippen molar-refractivity contribution in [3.05, 3.63) is 0 Å². The van der Waals surface area contributed by atoms with Crippen LogP contribution in [0.4, 0.5) is 0 Å². The molecule has 2 N–H and O–H groups in total. The quantitative estimate of drug-likeness (QED) is 0.687. The molecule has 0 saturated heterocycles. The van der Waals surface area contributed by atoms with Crippen LogP contribution in [0.5, 0.6) is 0 Å². The molecule has 0 aliphatic heterocycles. The first-order chi connectivity index (χ1) is 5.85. The van der Waals surface area contributed by atoms with Crippen LogP contribution in [0.15, 0.2) is 0 Å². The van der Waals surface area contributed by atoms with E-state index in [1.54, 1.807) is 0 Å². The molecule has 0 heterocycles. The van der Waals surface area contributed by atoms with E-state index in [0.717, 1.165) is 12.5 Å². The molecule has 0 atom stereocenters.